The Balaban J connectivity index is 2.03. The lowest BCUT2D eigenvalue weighted by Crippen LogP contribution is -2.14. The standard InChI is InChI=1S/C12H16O2S/c1-14-9-4-2-5-10(8-9)15-12-7-3-6-11(12)13/h2,4-5,8,11-13H,3,6-7H2,1H3/t11-,12-/m1/s1. The van der Waals surface area contributed by atoms with Crippen molar-refractivity contribution < 1.29 is 9.84 Å². The zero-order valence-corrected chi connectivity index (χ0v) is 9.67. The Morgan fingerprint density at radius 3 is 2.93 bits per heavy atom. The first-order valence-corrected chi connectivity index (χ1v) is 6.16. The molecular weight excluding hydrogens is 208 g/mol. The van der Waals surface area contributed by atoms with Crippen molar-refractivity contribution in [3.8, 4) is 5.75 Å². The summed E-state index contributed by atoms with van der Waals surface area (Å²) in [6.07, 6.45) is 3.06. The molecule has 3 heteroatoms. The van der Waals surface area contributed by atoms with Crippen LogP contribution in [0.5, 0.6) is 5.75 Å². The van der Waals surface area contributed by atoms with E-state index in [1.54, 1.807) is 18.9 Å². The smallest absolute Gasteiger partial charge is 0.119 e. The molecule has 0 saturated heterocycles. The average molecular weight is 224 g/mol. The van der Waals surface area contributed by atoms with E-state index in [-0.39, 0.29) is 6.10 Å². The number of thioether (sulfide) groups is 1. The number of aliphatic hydroxyl groups is 1. The highest BCUT2D eigenvalue weighted by Gasteiger charge is 2.25. The fourth-order valence-electron chi connectivity index (χ4n) is 1.89. The van der Waals surface area contributed by atoms with Gasteiger partial charge in [-0.05, 0) is 37.5 Å². The Morgan fingerprint density at radius 1 is 1.40 bits per heavy atom. The SMILES string of the molecule is COc1cccc(S[C@@H]2CCC[C@H]2O)c1. The lowest BCUT2D eigenvalue weighted by atomic mass is 10.3. The number of hydrogen-bond donors (Lipinski definition) is 1. The zero-order valence-electron chi connectivity index (χ0n) is 8.85. The summed E-state index contributed by atoms with van der Waals surface area (Å²) < 4.78 is 5.17. The molecule has 2 atom stereocenters. The van der Waals surface area contributed by atoms with Crippen molar-refractivity contribution in [1.29, 1.82) is 0 Å². The minimum atomic E-state index is -0.138. The second-order valence-corrected chi connectivity index (χ2v) is 5.15. The zero-order chi connectivity index (χ0) is 10.7. The number of aliphatic hydroxyl groups excluding tert-OH is 1. The van der Waals surface area contributed by atoms with Gasteiger partial charge in [-0.3, -0.25) is 0 Å². The summed E-state index contributed by atoms with van der Waals surface area (Å²) in [5.41, 5.74) is 0. The molecule has 1 saturated carbocycles. The molecule has 82 valence electrons. The molecule has 15 heavy (non-hydrogen) atoms. The number of hydrogen-bond acceptors (Lipinski definition) is 3. The van der Waals surface area contributed by atoms with E-state index >= 15 is 0 Å². The first kappa shape index (κ1) is 10.8. The summed E-state index contributed by atoms with van der Waals surface area (Å²) in [5, 5.41) is 10.1. The van der Waals surface area contributed by atoms with E-state index in [4.69, 9.17) is 4.74 Å². The predicted molar refractivity (Wildman–Crippen MR) is 62.5 cm³/mol. The van der Waals surface area contributed by atoms with Crippen LogP contribution in [0, 0.1) is 0 Å². The third-order valence-corrected chi connectivity index (χ3v) is 4.13. The van der Waals surface area contributed by atoms with Crippen LogP contribution in [0.1, 0.15) is 19.3 Å². The van der Waals surface area contributed by atoms with Crippen LogP contribution in [-0.4, -0.2) is 23.6 Å². The molecule has 0 radical (unpaired) electrons. The van der Waals surface area contributed by atoms with E-state index in [0.717, 1.165) is 25.0 Å². The maximum absolute atomic E-state index is 9.72. The summed E-state index contributed by atoms with van der Waals surface area (Å²) in [4.78, 5) is 1.18. The van der Waals surface area contributed by atoms with Gasteiger partial charge < -0.3 is 9.84 Å². The molecule has 1 fully saturated rings. The largest absolute Gasteiger partial charge is 0.497 e. The molecule has 0 bridgehead atoms. The van der Waals surface area contributed by atoms with Crippen LogP contribution in [0.3, 0.4) is 0 Å². The van der Waals surface area contributed by atoms with Crippen molar-refractivity contribution in [3.63, 3.8) is 0 Å². The minimum absolute atomic E-state index is 0.138. The highest BCUT2D eigenvalue weighted by Crippen LogP contribution is 2.35. The average Bonchev–Trinajstić information content (AvgIpc) is 2.65. The van der Waals surface area contributed by atoms with E-state index in [2.05, 4.69) is 6.07 Å². The van der Waals surface area contributed by atoms with Gasteiger partial charge >= 0.3 is 0 Å². The molecular formula is C12H16O2S. The van der Waals surface area contributed by atoms with Crippen LogP contribution >= 0.6 is 11.8 Å². The van der Waals surface area contributed by atoms with Gasteiger partial charge in [-0.15, -0.1) is 11.8 Å². The molecule has 1 aliphatic rings. The maximum atomic E-state index is 9.72. The van der Waals surface area contributed by atoms with Crippen molar-refractivity contribution >= 4 is 11.8 Å². The molecule has 1 N–H and O–H groups in total. The lowest BCUT2D eigenvalue weighted by molar-refractivity contribution is 0.188. The quantitative estimate of drug-likeness (QED) is 0.856. The van der Waals surface area contributed by atoms with Gasteiger partial charge in [0.2, 0.25) is 0 Å². The Kier molecular flexibility index (Phi) is 3.54. The molecule has 1 aromatic carbocycles. The predicted octanol–water partition coefficient (Wildman–Crippen LogP) is 2.70. The highest BCUT2D eigenvalue weighted by molar-refractivity contribution is 8.00. The molecule has 2 rings (SSSR count). The second-order valence-electron chi connectivity index (χ2n) is 3.83. The van der Waals surface area contributed by atoms with Gasteiger partial charge in [-0.25, -0.2) is 0 Å². The summed E-state index contributed by atoms with van der Waals surface area (Å²) in [6.45, 7) is 0. The van der Waals surface area contributed by atoms with Crippen LogP contribution < -0.4 is 4.74 Å². The Morgan fingerprint density at radius 2 is 2.27 bits per heavy atom. The van der Waals surface area contributed by atoms with Crippen molar-refractivity contribution in [3.05, 3.63) is 24.3 Å². The highest BCUT2D eigenvalue weighted by atomic mass is 32.2. The number of methoxy groups -OCH3 is 1. The number of rotatable bonds is 3. The van der Waals surface area contributed by atoms with Crippen molar-refractivity contribution in [2.24, 2.45) is 0 Å². The van der Waals surface area contributed by atoms with Crippen LogP contribution in [0.25, 0.3) is 0 Å². The van der Waals surface area contributed by atoms with Crippen molar-refractivity contribution in [2.45, 2.75) is 35.5 Å². The van der Waals surface area contributed by atoms with Gasteiger partial charge in [0, 0.05) is 10.1 Å². The molecule has 0 amide bonds. The topological polar surface area (TPSA) is 29.5 Å². The summed E-state index contributed by atoms with van der Waals surface area (Å²) in [6, 6.07) is 8.02. The van der Waals surface area contributed by atoms with Gasteiger partial charge in [0.05, 0.1) is 13.2 Å². The molecule has 0 aliphatic heterocycles. The van der Waals surface area contributed by atoms with E-state index in [1.807, 2.05) is 18.2 Å². The number of ether oxygens (including phenoxy) is 1. The van der Waals surface area contributed by atoms with Crippen molar-refractivity contribution in [1.82, 2.24) is 0 Å². The van der Waals surface area contributed by atoms with Crippen LogP contribution in [0.4, 0.5) is 0 Å². The van der Waals surface area contributed by atoms with Crippen molar-refractivity contribution in [2.75, 3.05) is 7.11 Å². The Labute approximate surface area is 94.6 Å². The molecule has 0 heterocycles. The van der Waals surface area contributed by atoms with Crippen LogP contribution in [0.15, 0.2) is 29.2 Å². The molecule has 0 aromatic heterocycles. The first-order chi connectivity index (χ1) is 7.29. The van der Waals surface area contributed by atoms with Crippen LogP contribution in [-0.2, 0) is 0 Å². The second kappa shape index (κ2) is 4.90. The van der Waals surface area contributed by atoms with E-state index in [1.165, 1.54) is 4.90 Å². The van der Waals surface area contributed by atoms with Gasteiger partial charge in [0.15, 0.2) is 0 Å². The normalized spacial score (nSPS) is 25.5. The van der Waals surface area contributed by atoms with Gasteiger partial charge in [0.1, 0.15) is 5.75 Å². The summed E-state index contributed by atoms with van der Waals surface area (Å²) >= 11 is 1.76. The third kappa shape index (κ3) is 2.67. The van der Waals surface area contributed by atoms with Crippen LogP contribution in [0.2, 0.25) is 0 Å². The first-order valence-electron chi connectivity index (χ1n) is 5.28. The molecule has 1 aliphatic carbocycles. The third-order valence-electron chi connectivity index (χ3n) is 2.75. The Hall–Kier alpha value is -0.670. The van der Waals surface area contributed by atoms with E-state index in [0.29, 0.717) is 5.25 Å². The maximum Gasteiger partial charge on any atom is 0.119 e. The fourth-order valence-corrected chi connectivity index (χ4v) is 3.16. The molecule has 1 aromatic rings. The van der Waals surface area contributed by atoms with Gasteiger partial charge in [-0.1, -0.05) is 6.07 Å². The molecule has 0 spiro atoms. The van der Waals surface area contributed by atoms with Gasteiger partial charge in [-0.2, -0.15) is 0 Å². The summed E-state index contributed by atoms with van der Waals surface area (Å²) in [5.74, 6) is 0.882. The molecule has 2 nitrogen and oxygen atoms in total. The fraction of sp³-hybridized carbons (Fsp3) is 0.500. The van der Waals surface area contributed by atoms with Gasteiger partial charge in [0.25, 0.3) is 0 Å². The van der Waals surface area contributed by atoms with E-state index in [9.17, 15) is 5.11 Å². The summed E-state index contributed by atoms with van der Waals surface area (Å²) in [7, 11) is 1.67. The monoisotopic (exact) mass is 224 g/mol. The molecule has 0 unspecified atom stereocenters. The Bertz CT molecular complexity index is 327. The van der Waals surface area contributed by atoms with E-state index < -0.39 is 0 Å². The minimum Gasteiger partial charge on any atom is -0.497 e. The lowest BCUT2D eigenvalue weighted by Gasteiger charge is -2.14. The number of benzene rings is 1.